The molecule has 2 saturated carbocycles. The van der Waals surface area contributed by atoms with E-state index in [9.17, 15) is 4.79 Å². The summed E-state index contributed by atoms with van der Waals surface area (Å²) >= 11 is 0. The zero-order chi connectivity index (χ0) is 31.0. The monoisotopic (exact) mass is 604 g/mol. The molecule has 4 aliphatic carbocycles. The Morgan fingerprint density at radius 2 is 1.09 bits per heavy atom. The quantitative estimate of drug-likeness (QED) is 0.322. The van der Waals surface area contributed by atoms with Crippen molar-refractivity contribution in [3.05, 3.63) is 126 Å². The van der Waals surface area contributed by atoms with E-state index >= 15 is 0 Å². The number of aliphatic hydroxyl groups excluding tert-OH is 1. The number of allylic oxidation sites excluding steroid dienone is 10. The van der Waals surface area contributed by atoms with Crippen molar-refractivity contribution in [2.75, 3.05) is 13.2 Å². The first-order valence-electron chi connectivity index (χ1n) is 16.4. The van der Waals surface area contributed by atoms with Crippen LogP contribution < -0.4 is 34.7 Å². The maximum Gasteiger partial charge on any atom is 1.00 e. The van der Waals surface area contributed by atoms with Gasteiger partial charge in [0.05, 0.1) is 0 Å². The number of hydrogen-bond donors (Lipinski definition) is 1. The summed E-state index contributed by atoms with van der Waals surface area (Å²) in [4.78, 5) is 12.0. The summed E-state index contributed by atoms with van der Waals surface area (Å²) in [6.07, 6.45) is 31.2. The maximum atomic E-state index is 12.0. The van der Waals surface area contributed by atoms with Gasteiger partial charge in [-0.25, -0.2) is 0 Å². The molecule has 1 N–H and O–H groups in total. The van der Waals surface area contributed by atoms with E-state index < -0.39 is 0 Å². The van der Waals surface area contributed by atoms with Crippen LogP contribution in [-0.2, 0) is 0 Å². The zero-order valence-corrected chi connectivity index (χ0v) is 29.5. The standard InChI is InChI=1S/C18H20.C13H16O.C5H6.C2H6O.C2H5O.Na/c1-3-9-15(10-4-1)18(17-13-7-8-14-17)16-11-5-2-6-12-16;14-13(11-7-3-1-4-8-11)12-9-5-2-6-10-12;1-2-4-5-3-1;2*1-2-3;/h1,3-4,7-10,13-14,16H,2,5-6,11-12H2;1,3-4,7-8,12H,2,5-6,9-10H2;1-4H,5H2;3H,2H2,1H3;2H2,1H3;/q;;;;-1;+1. The van der Waals surface area contributed by atoms with Gasteiger partial charge in [0.2, 0.25) is 0 Å². The molecule has 0 saturated heterocycles. The zero-order valence-electron chi connectivity index (χ0n) is 27.5. The molecule has 0 atom stereocenters. The summed E-state index contributed by atoms with van der Waals surface area (Å²) in [5.74, 6) is 1.40. The molecule has 0 amide bonds. The van der Waals surface area contributed by atoms with E-state index in [1.165, 1.54) is 62.5 Å². The van der Waals surface area contributed by atoms with Crippen LogP contribution in [0.15, 0.2) is 115 Å². The van der Waals surface area contributed by atoms with Gasteiger partial charge in [0.1, 0.15) is 0 Å². The van der Waals surface area contributed by atoms with Gasteiger partial charge < -0.3 is 10.2 Å². The van der Waals surface area contributed by atoms with Crippen LogP contribution in [0.25, 0.3) is 5.57 Å². The van der Waals surface area contributed by atoms with Crippen molar-refractivity contribution < 1.29 is 44.6 Å². The van der Waals surface area contributed by atoms with Gasteiger partial charge in [-0.15, -0.1) is 6.61 Å². The van der Waals surface area contributed by atoms with Crippen molar-refractivity contribution in [2.45, 2.75) is 84.5 Å². The fraction of sp³-hybridized carbons (Fsp3) is 0.425. The Morgan fingerprint density at radius 1 is 0.682 bits per heavy atom. The minimum Gasteiger partial charge on any atom is -0.855 e. The number of aliphatic hydroxyl groups is 1. The number of hydrogen-bond acceptors (Lipinski definition) is 3. The molecule has 0 bridgehead atoms. The minimum absolute atomic E-state index is 0. The van der Waals surface area contributed by atoms with Crippen LogP contribution in [-0.4, -0.2) is 24.1 Å². The first kappa shape index (κ1) is 39.8. The second kappa shape index (κ2) is 26.0. The van der Waals surface area contributed by atoms with Crippen LogP contribution in [0.1, 0.15) is 100 Å². The molecule has 3 nitrogen and oxygen atoms in total. The normalized spacial score (nSPS) is 16.5. The number of ketones is 1. The molecule has 0 aromatic heterocycles. The fourth-order valence-corrected chi connectivity index (χ4v) is 5.80. The first-order valence-corrected chi connectivity index (χ1v) is 16.4. The molecule has 0 radical (unpaired) electrons. The summed E-state index contributed by atoms with van der Waals surface area (Å²) in [5, 5.41) is 16.5. The number of Topliss-reactive ketones (excluding diaryl/α,β-unsaturated/α-hetero) is 1. The fourth-order valence-electron chi connectivity index (χ4n) is 5.80. The Morgan fingerprint density at radius 3 is 1.50 bits per heavy atom. The molecule has 2 aromatic rings. The molecule has 6 rings (SSSR count). The average Bonchev–Trinajstić information content (AvgIpc) is 3.83. The van der Waals surface area contributed by atoms with Gasteiger partial charge in [-0.2, -0.15) is 0 Å². The summed E-state index contributed by atoms with van der Waals surface area (Å²) in [7, 11) is 0. The van der Waals surface area contributed by atoms with Gasteiger partial charge in [-0.05, 0) is 61.7 Å². The number of carbonyl (C=O) groups is 1. The van der Waals surface area contributed by atoms with Crippen LogP contribution in [0.3, 0.4) is 0 Å². The predicted octanol–water partition coefficient (Wildman–Crippen LogP) is 6.47. The van der Waals surface area contributed by atoms with Crippen molar-refractivity contribution in [3.8, 4) is 0 Å². The predicted molar refractivity (Wildman–Crippen MR) is 182 cm³/mol. The van der Waals surface area contributed by atoms with Gasteiger partial charge in [0, 0.05) is 18.1 Å². The minimum atomic E-state index is 0. The number of carbonyl (C=O) groups excluding carboxylic acids is 1. The van der Waals surface area contributed by atoms with Crippen LogP contribution >= 0.6 is 0 Å². The topological polar surface area (TPSA) is 60.4 Å². The molecular formula is C40H53NaO3. The molecule has 0 unspecified atom stereocenters. The molecule has 44 heavy (non-hydrogen) atoms. The van der Waals surface area contributed by atoms with Crippen molar-refractivity contribution in [2.24, 2.45) is 11.8 Å². The summed E-state index contributed by atoms with van der Waals surface area (Å²) < 4.78 is 0. The third-order valence-electron chi connectivity index (χ3n) is 7.76. The molecular weight excluding hydrogens is 551 g/mol. The van der Waals surface area contributed by atoms with E-state index in [1.54, 1.807) is 19.4 Å². The van der Waals surface area contributed by atoms with Crippen molar-refractivity contribution in [1.82, 2.24) is 0 Å². The van der Waals surface area contributed by atoms with E-state index in [0.29, 0.717) is 11.7 Å². The molecule has 4 aliphatic rings. The molecule has 232 valence electrons. The molecule has 0 aliphatic heterocycles. The largest absolute Gasteiger partial charge is 1.00 e. The van der Waals surface area contributed by atoms with Gasteiger partial charge in [-0.3, -0.25) is 4.79 Å². The van der Waals surface area contributed by atoms with E-state index in [0.717, 1.165) is 30.7 Å². The third kappa shape index (κ3) is 15.6. The van der Waals surface area contributed by atoms with Crippen LogP contribution in [0.5, 0.6) is 0 Å². The Bertz CT molecular complexity index is 1120. The number of rotatable bonds is 4. The third-order valence-corrected chi connectivity index (χ3v) is 7.76. The number of benzene rings is 2. The summed E-state index contributed by atoms with van der Waals surface area (Å²) in [5.41, 5.74) is 5.29. The Balaban J connectivity index is 0.000000329. The second-order valence-corrected chi connectivity index (χ2v) is 11.1. The van der Waals surface area contributed by atoms with Crippen molar-refractivity contribution in [3.63, 3.8) is 0 Å². The maximum absolute atomic E-state index is 12.0. The average molecular weight is 605 g/mol. The SMILES string of the molecule is C1=CC(=C(c2ccccc2)C2CCCCC2)C=C1.C1=CCC=C1.CCO.CC[O-].O=C(c1ccccc1)C1CCCCC1.[Na+]. The molecule has 0 heterocycles. The van der Waals surface area contributed by atoms with E-state index in [2.05, 4.69) is 78.9 Å². The molecule has 2 aromatic carbocycles. The summed E-state index contributed by atoms with van der Waals surface area (Å²) in [6.45, 7) is 3.50. The molecule has 0 spiro atoms. The molecule has 4 heteroatoms. The van der Waals surface area contributed by atoms with E-state index in [4.69, 9.17) is 10.2 Å². The van der Waals surface area contributed by atoms with Gasteiger partial charge >= 0.3 is 29.6 Å². The Kier molecular flexibility index (Phi) is 23.5. The van der Waals surface area contributed by atoms with Gasteiger partial charge in [-0.1, -0.05) is 155 Å². The van der Waals surface area contributed by atoms with Crippen molar-refractivity contribution >= 4 is 11.4 Å². The van der Waals surface area contributed by atoms with E-state index in [-0.39, 0.29) is 42.8 Å². The van der Waals surface area contributed by atoms with Crippen molar-refractivity contribution in [1.29, 1.82) is 0 Å². The van der Waals surface area contributed by atoms with Crippen LogP contribution in [0, 0.1) is 11.8 Å². The van der Waals surface area contributed by atoms with Gasteiger partial charge in [0.25, 0.3) is 0 Å². The second-order valence-electron chi connectivity index (χ2n) is 11.1. The smallest absolute Gasteiger partial charge is 0.855 e. The Labute approximate surface area is 289 Å². The van der Waals surface area contributed by atoms with Crippen LogP contribution in [0.4, 0.5) is 0 Å². The Hall–Kier alpha value is -2.27. The first-order chi connectivity index (χ1) is 21.2. The summed E-state index contributed by atoms with van der Waals surface area (Å²) in [6, 6.07) is 20.6. The molecule has 2 fully saturated rings. The van der Waals surface area contributed by atoms with Crippen LogP contribution in [0.2, 0.25) is 0 Å². The van der Waals surface area contributed by atoms with Gasteiger partial charge in [0.15, 0.2) is 5.78 Å². The van der Waals surface area contributed by atoms with E-state index in [1.807, 2.05) is 30.3 Å².